The van der Waals surface area contributed by atoms with Gasteiger partial charge in [-0.3, -0.25) is 4.79 Å². The Labute approximate surface area is 172 Å². The maximum absolute atomic E-state index is 12.6. The summed E-state index contributed by atoms with van der Waals surface area (Å²) in [5.74, 6) is -0.473. The molecule has 0 aromatic heterocycles. The summed E-state index contributed by atoms with van der Waals surface area (Å²) < 4.78 is 32.0. The normalized spacial score (nSPS) is 14.8. The van der Waals surface area contributed by atoms with Gasteiger partial charge in [-0.05, 0) is 43.2 Å². The fraction of sp³-hybridized carbons (Fsp3) is 0.278. The predicted octanol–water partition coefficient (Wildman–Crippen LogP) is 3.50. The van der Waals surface area contributed by atoms with Crippen molar-refractivity contribution in [2.24, 2.45) is 0 Å². The number of nitrogens with one attached hydrogen (secondary N) is 1. The van der Waals surface area contributed by atoms with Gasteiger partial charge in [-0.2, -0.15) is 4.31 Å². The number of sulfonamides is 1. The molecule has 0 radical (unpaired) electrons. The van der Waals surface area contributed by atoms with Gasteiger partial charge in [0.1, 0.15) is 11.5 Å². The number of hydrogen-bond acceptors (Lipinski definition) is 5. The molecule has 0 atom stereocenters. The summed E-state index contributed by atoms with van der Waals surface area (Å²) in [4.78, 5) is 12.1. The minimum absolute atomic E-state index is 0.00732. The molecule has 7 nitrogen and oxygen atoms in total. The predicted molar refractivity (Wildman–Crippen MR) is 107 cm³/mol. The average molecular weight is 445 g/mol. The zero-order valence-electron chi connectivity index (χ0n) is 14.7. The molecule has 2 N–H and O–H groups in total. The van der Waals surface area contributed by atoms with Gasteiger partial charge >= 0.3 is 0 Å². The second kappa shape index (κ2) is 8.57. The van der Waals surface area contributed by atoms with Crippen LogP contribution in [0.25, 0.3) is 0 Å². The van der Waals surface area contributed by atoms with Gasteiger partial charge in [-0.15, -0.1) is 0 Å². The van der Waals surface area contributed by atoms with Crippen LogP contribution in [0.5, 0.6) is 11.5 Å². The quantitative estimate of drug-likeness (QED) is 0.664. The van der Waals surface area contributed by atoms with E-state index < -0.39 is 15.9 Å². The Balaban J connectivity index is 1.69. The number of ether oxygens (including phenoxy) is 1. The van der Waals surface area contributed by atoms with Crippen LogP contribution in [-0.4, -0.2) is 43.4 Å². The van der Waals surface area contributed by atoms with Gasteiger partial charge in [0.2, 0.25) is 10.0 Å². The molecule has 2 aromatic rings. The van der Waals surface area contributed by atoms with Crippen LogP contribution in [0.2, 0.25) is 10.0 Å². The zero-order valence-corrected chi connectivity index (χ0v) is 17.0. The molecular formula is C18H18Cl2N2O5S. The van der Waals surface area contributed by atoms with E-state index in [2.05, 4.69) is 5.32 Å². The molecule has 0 aliphatic carbocycles. The number of phenols is 1. The smallest absolute Gasteiger partial charge is 0.262 e. The van der Waals surface area contributed by atoms with E-state index in [9.17, 15) is 18.3 Å². The summed E-state index contributed by atoms with van der Waals surface area (Å²) in [6, 6.07) is 8.35. The van der Waals surface area contributed by atoms with Crippen molar-refractivity contribution in [3.05, 3.63) is 46.4 Å². The van der Waals surface area contributed by atoms with Crippen LogP contribution in [0.4, 0.5) is 5.69 Å². The number of amides is 1. The number of halogens is 2. The molecule has 150 valence electrons. The summed E-state index contributed by atoms with van der Waals surface area (Å²) in [6.45, 7) is 0.561. The number of carbonyl (C=O) groups is 1. The molecule has 1 aliphatic rings. The molecule has 1 amide bonds. The molecule has 1 saturated heterocycles. The summed E-state index contributed by atoms with van der Waals surface area (Å²) in [7, 11) is -3.67. The lowest BCUT2D eigenvalue weighted by Crippen LogP contribution is -2.28. The number of benzene rings is 2. The number of aromatic hydroxyl groups is 1. The molecule has 10 heteroatoms. The van der Waals surface area contributed by atoms with Gasteiger partial charge in [0.05, 0.1) is 20.6 Å². The number of phenolic OH excluding ortho intramolecular Hbond substituents is 1. The van der Waals surface area contributed by atoms with Gasteiger partial charge in [0.15, 0.2) is 6.61 Å². The van der Waals surface area contributed by atoms with Crippen molar-refractivity contribution in [2.75, 3.05) is 25.0 Å². The highest BCUT2D eigenvalue weighted by atomic mass is 35.5. The molecule has 3 rings (SSSR count). The van der Waals surface area contributed by atoms with E-state index in [0.717, 1.165) is 12.8 Å². The number of hydrogen-bond donors (Lipinski definition) is 2. The molecular weight excluding hydrogens is 427 g/mol. The Kier molecular flexibility index (Phi) is 6.34. The molecule has 0 saturated carbocycles. The first-order valence-corrected chi connectivity index (χ1v) is 10.7. The maximum atomic E-state index is 12.6. The molecule has 1 aliphatic heterocycles. The molecule has 2 aromatic carbocycles. The van der Waals surface area contributed by atoms with E-state index in [1.54, 1.807) is 6.07 Å². The van der Waals surface area contributed by atoms with Crippen LogP contribution in [0.1, 0.15) is 12.8 Å². The van der Waals surface area contributed by atoms with Crippen molar-refractivity contribution >= 4 is 44.8 Å². The van der Waals surface area contributed by atoms with Crippen LogP contribution < -0.4 is 10.1 Å². The first-order valence-electron chi connectivity index (χ1n) is 8.48. The second-order valence-corrected chi connectivity index (χ2v) is 8.96. The fourth-order valence-electron chi connectivity index (χ4n) is 2.76. The van der Waals surface area contributed by atoms with Crippen molar-refractivity contribution in [2.45, 2.75) is 17.7 Å². The SMILES string of the molecule is O=C(COc1ccc(Cl)c(Cl)c1)Nc1cc(S(=O)(=O)N2CCCC2)ccc1O. The van der Waals surface area contributed by atoms with Crippen molar-refractivity contribution < 1.29 is 23.1 Å². The third-order valence-corrected chi connectivity index (χ3v) is 6.84. The largest absolute Gasteiger partial charge is 0.506 e. The third-order valence-electron chi connectivity index (χ3n) is 4.21. The van der Waals surface area contributed by atoms with Crippen molar-refractivity contribution in [1.82, 2.24) is 4.31 Å². The third kappa shape index (κ3) is 4.70. The summed E-state index contributed by atoms with van der Waals surface area (Å²) >= 11 is 11.7. The lowest BCUT2D eigenvalue weighted by Gasteiger charge is -2.16. The van der Waals surface area contributed by atoms with E-state index in [-0.39, 0.29) is 28.0 Å². The Morgan fingerprint density at radius 2 is 1.82 bits per heavy atom. The number of anilines is 1. The number of carbonyl (C=O) groups excluding carboxylic acids is 1. The van der Waals surface area contributed by atoms with E-state index in [0.29, 0.717) is 23.9 Å². The lowest BCUT2D eigenvalue weighted by molar-refractivity contribution is -0.118. The summed E-state index contributed by atoms with van der Waals surface area (Å²) in [6.07, 6.45) is 1.62. The molecule has 0 bridgehead atoms. The van der Waals surface area contributed by atoms with Gasteiger partial charge in [-0.25, -0.2) is 8.42 Å². The van der Waals surface area contributed by atoms with E-state index in [1.807, 2.05) is 0 Å². The Morgan fingerprint density at radius 3 is 2.50 bits per heavy atom. The van der Waals surface area contributed by atoms with Crippen LogP contribution in [0.15, 0.2) is 41.3 Å². The van der Waals surface area contributed by atoms with Crippen LogP contribution in [0, 0.1) is 0 Å². The molecule has 1 fully saturated rings. The topological polar surface area (TPSA) is 95.9 Å². The van der Waals surface area contributed by atoms with E-state index >= 15 is 0 Å². The molecule has 28 heavy (non-hydrogen) atoms. The van der Waals surface area contributed by atoms with E-state index in [1.165, 1.54) is 34.6 Å². The number of rotatable bonds is 6. The van der Waals surface area contributed by atoms with Crippen LogP contribution in [0.3, 0.4) is 0 Å². The van der Waals surface area contributed by atoms with Crippen LogP contribution in [-0.2, 0) is 14.8 Å². The Hall–Kier alpha value is -2.00. The van der Waals surface area contributed by atoms with Crippen molar-refractivity contribution in [3.8, 4) is 11.5 Å². The Morgan fingerprint density at radius 1 is 1.11 bits per heavy atom. The highest BCUT2D eigenvalue weighted by Crippen LogP contribution is 2.30. The molecule has 0 unspecified atom stereocenters. The standard InChI is InChI=1S/C18H18Cl2N2O5S/c19-14-5-3-12(9-15(14)20)27-11-18(24)21-16-10-13(4-6-17(16)23)28(25,26)22-7-1-2-8-22/h3-6,9-10,23H,1-2,7-8,11H2,(H,21,24). The first kappa shape index (κ1) is 20.7. The maximum Gasteiger partial charge on any atom is 0.262 e. The van der Waals surface area contributed by atoms with Crippen molar-refractivity contribution in [1.29, 1.82) is 0 Å². The van der Waals surface area contributed by atoms with Crippen LogP contribution >= 0.6 is 23.2 Å². The highest BCUT2D eigenvalue weighted by molar-refractivity contribution is 7.89. The zero-order chi connectivity index (χ0) is 20.3. The number of nitrogens with zero attached hydrogens (tertiary/aromatic N) is 1. The van der Waals surface area contributed by atoms with Gasteiger partial charge in [0, 0.05) is 19.2 Å². The molecule has 1 heterocycles. The average Bonchev–Trinajstić information content (AvgIpc) is 3.20. The minimum atomic E-state index is -3.67. The van der Waals surface area contributed by atoms with E-state index in [4.69, 9.17) is 27.9 Å². The highest BCUT2D eigenvalue weighted by Gasteiger charge is 2.27. The second-order valence-electron chi connectivity index (χ2n) is 6.20. The summed E-state index contributed by atoms with van der Waals surface area (Å²) in [5.41, 5.74) is -0.0111. The molecule has 0 spiro atoms. The monoisotopic (exact) mass is 444 g/mol. The fourth-order valence-corrected chi connectivity index (χ4v) is 4.59. The Bertz CT molecular complexity index is 991. The minimum Gasteiger partial charge on any atom is -0.506 e. The first-order chi connectivity index (χ1) is 13.3. The van der Waals surface area contributed by atoms with Gasteiger partial charge < -0.3 is 15.2 Å². The van der Waals surface area contributed by atoms with Gasteiger partial charge in [-0.1, -0.05) is 23.2 Å². The summed E-state index contributed by atoms with van der Waals surface area (Å²) in [5, 5.41) is 13.1. The van der Waals surface area contributed by atoms with Crippen molar-refractivity contribution in [3.63, 3.8) is 0 Å². The van der Waals surface area contributed by atoms with Gasteiger partial charge in [0.25, 0.3) is 5.91 Å². The lowest BCUT2D eigenvalue weighted by atomic mass is 10.3.